The predicted molar refractivity (Wildman–Crippen MR) is 71.4 cm³/mol. The molecule has 0 radical (unpaired) electrons. The number of fused-ring (bicyclic) bond motifs is 1. The number of thioether (sulfide) groups is 1. The third kappa shape index (κ3) is 3.07. The molecule has 108 valence electrons. The monoisotopic (exact) mass is 301 g/mol. The first-order chi connectivity index (χ1) is 9.52. The van der Waals surface area contributed by atoms with Crippen LogP contribution in [0.2, 0.25) is 0 Å². The molecule has 0 spiro atoms. The number of nitrogens with zero attached hydrogens (tertiary/aromatic N) is 3. The molecule has 1 heterocycles. The average Bonchev–Trinajstić information content (AvgIpc) is 2.75. The quantitative estimate of drug-likeness (QED) is 0.628. The predicted octanol–water partition coefficient (Wildman–Crippen LogP) is 2.37. The van der Waals surface area contributed by atoms with Gasteiger partial charge in [-0.15, -0.1) is 0 Å². The van der Waals surface area contributed by atoms with Gasteiger partial charge in [0.15, 0.2) is 5.16 Å². The number of para-hydroxylation sites is 2. The average molecular weight is 301 g/mol. The Morgan fingerprint density at radius 2 is 2.20 bits per heavy atom. The Labute approximate surface area is 118 Å². The summed E-state index contributed by atoms with van der Waals surface area (Å²) in [6.07, 6.45) is 0. The molecule has 0 bridgehead atoms. The topological polar surface area (TPSA) is 47.4 Å². The van der Waals surface area contributed by atoms with E-state index >= 15 is 0 Å². The summed E-state index contributed by atoms with van der Waals surface area (Å²) in [6.45, 7) is -0.111. The first-order valence-electron chi connectivity index (χ1n) is 5.73. The third-order valence-electron chi connectivity index (χ3n) is 2.73. The van der Waals surface area contributed by atoms with Crippen molar-refractivity contribution in [2.75, 3.05) is 14.2 Å². The van der Waals surface area contributed by atoms with Crippen LogP contribution in [-0.4, -0.2) is 40.4 Å². The summed E-state index contributed by atoms with van der Waals surface area (Å²) in [4.78, 5) is 20.8. The first kappa shape index (κ1) is 14.7. The van der Waals surface area contributed by atoms with Crippen molar-refractivity contribution in [1.29, 1.82) is 0 Å². The van der Waals surface area contributed by atoms with Crippen LogP contribution in [-0.2, 0) is 16.2 Å². The number of aromatic nitrogens is 2. The molecule has 0 saturated carbocycles. The van der Waals surface area contributed by atoms with E-state index < -0.39 is 5.76 Å². The summed E-state index contributed by atoms with van der Waals surface area (Å²) in [5.74, 6) is -2.95. The van der Waals surface area contributed by atoms with Crippen LogP contribution >= 0.6 is 11.8 Å². The summed E-state index contributed by atoms with van der Waals surface area (Å²) in [5, 5.41) is 1.16. The van der Waals surface area contributed by atoms with Gasteiger partial charge in [-0.25, -0.2) is 10.0 Å². The second-order valence-electron chi connectivity index (χ2n) is 3.92. The van der Waals surface area contributed by atoms with Gasteiger partial charge in [0.1, 0.15) is 6.54 Å². The fraction of sp³-hybridized carbons (Fsp3) is 0.333. The number of halogens is 2. The number of hydroxylamine groups is 2. The normalized spacial score (nSPS) is 11.2. The van der Waals surface area contributed by atoms with E-state index in [1.54, 1.807) is 24.3 Å². The molecule has 0 fully saturated rings. The SMILES string of the molecule is CON(C)C(=O)Cn1c(SC(F)F)nc2ccccc21. The maximum atomic E-state index is 12.6. The Morgan fingerprint density at radius 3 is 2.85 bits per heavy atom. The second-order valence-corrected chi connectivity index (χ2v) is 4.88. The van der Waals surface area contributed by atoms with Crippen LogP contribution in [0.25, 0.3) is 11.0 Å². The molecule has 20 heavy (non-hydrogen) atoms. The Morgan fingerprint density at radius 1 is 1.50 bits per heavy atom. The van der Waals surface area contributed by atoms with Gasteiger partial charge in [0.2, 0.25) is 0 Å². The molecule has 0 unspecified atom stereocenters. The molecule has 2 aromatic rings. The largest absolute Gasteiger partial charge is 0.309 e. The van der Waals surface area contributed by atoms with Crippen molar-refractivity contribution in [1.82, 2.24) is 14.6 Å². The number of hydrogen-bond donors (Lipinski definition) is 0. The molecule has 0 saturated heterocycles. The van der Waals surface area contributed by atoms with Gasteiger partial charge < -0.3 is 4.57 Å². The molecule has 0 aliphatic rings. The number of rotatable bonds is 5. The highest BCUT2D eigenvalue weighted by molar-refractivity contribution is 7.99. The lowest BCUT2D eigenvalue weighted by molar-refractivity contribution is -0.169. The van der Waals surface area contributed by atoms with E-state index in [1.807, 2.05) is 0 Å². The Hall–Kier alpha value is -1.67. The maximum Gasteiger partial charge on any atom is 0.291 e. The molecule has 1 amide bonds. The minimum atomic E-state index is -2.60. The highest BCUT2D eigenvalue weighted by atomic mass is 32.2. The van der Waals surface area contributed by atoms with Crippen LogP contribution in [0.3, 0.4) is 0 Å². The molecule has 0 N–H and O–H groups in total. The van der Waals surface area contributed by atoms with Crippen LogP contribution in [0.5, 0.6) is 0 Å². The van der Waals surface area contributed by atoms with Crippen LogP contribution in [0.1, 0.15) is 0 Å². The summed E-state index contributed by atoms with van der Waals surface area (Å²) < 4.78 is 26.6. The molecular formula is C12H13F2N3O2S. The van der Waals surface area contributed by atoms with Gasteiger partial charge in [0, 0.05) is 7.05 Å². The zero-order chi connectivity index (χ0) is 14.7. The smallest absolute Gasteiger partial charge is 0.291 e. The molecule has 2 rings (SSSR count). The van der Waals surface area contributed by atoms with Crippen LogP contribution in [0.4, 0.5) is 8.78 Å². The molecule has 5 nitrogen and oxygen atoms in total. The number of carbonyl (C=O) groups is 1. The zero-order valence-electron chi connectivity index (χ0n) is 10.9. The zero-order valence-corrected chi connectivity index (χ0v) is 11.7. The van der Waals surface area contributed by atoms with Crippen LogP contribution in [0, 0.1) is 0 Å². The van der Waals surface area contributed by atoms with E-state index in [4.69, 9.17) is 4.84 Å². The molecule has 1 aromatic carbocycles. The van der Waals surface area contributed by atoms with Crippen molar-refractivity contribution in [3.05, 3.63) is 24.3 Å². The van der Waals surface area contributed by atoms with Gasteiger partial charge in [-0.1, -0.05) is 12.1 Å². The minimum Gasteiger partial charge on any atom is -0.309 e. The fourth-order valence-corrected chi connectivity index (χ4v) is 2.31. The van der Waals surface area contributed by atoms with Crippen molar-refractivity contribution < 1.29 is 18.4 Å². The van der Waals surface area contributed by atoms with Crippen LogP contribution in [0.15, 0.2) is 29.4 Å². The Balaban J connectivity index is 2.40. The van der Waals surface area contributed by atoms with Gasteiger partial charge in [-0.05, 0) is 23.9 Å². The van der Waals surface area contributed by atoms with E-state index in [0.717, 1.165) is 5.06 Å². The Kier molecular flexibility index (Phi) is 4.56. The molecular weight excluding hydrogens is 288 g/mol. The van der Waals surface area contributed by atoms with Gasteiger partial charge in [-0.2, -0.15) is 8.78 Å². The number of imidazole rings is 1. The van der Waals surface area contributed by atoms with Crippen molar-refractivity contribution in [2.45, 2.75) is 17.5 Å². The van der Waals surface area contributed by atoms with Crippen molar-refractivity contribution in [3.63, 3.8) is 0 Å². The number of hydrogen-bond acceptors (Lipinski definition) is 4. The summed E-state index contributed by atoms with van der Waals surface area (Å²) in [5.41, 5.74) is 1.21. The van der Waals surface area contributed by atoms with Crippen molar-refractivity contribution >= 4 is 28.7 Å². The van der Waals surface area contributed by atoms with E-state index in [-0.39, 0.29) is 17.6 Å². The van der Waals surface area contributed by atoms with Crippen molar-refractivity contribution in [3.8, 4) is 0 Å². The Bertz CT molecular complexity index is 618. The summed E-state index contributed by atoms with van der Waals surface area (Å²) in [6, 6.07) is 6.98. The second kappa shape index (κ2) is 6.19. The third-order valence-corrected chi connectivity index (χ3v) is 3.43. The number of amides is 1. The fourth-order valence-electron chi connectivity index (χ4n) is 1.71. The van der Waals surface area contributed by atoms with Gasteiger partial charge >= 0.3 is 0 Å². The summed E-state index contributed by atoms with van der Waals surface area (Å²) in [7, 11) is 2.82. The lowest BCUT2D eigenvalue weighted by Crippen LogP contribution is -2.29. The maximum absolute atomic E-state index is 12.6. The number of benzene rings is 1. The van der Waals surface area contributed by atoms with E-state index in [9.17, 15) is 13.6 Å². The highest BCUT2D eigenvalue weighted by Gasteiger charge is 2.19. The lowest BCUT2D eigenvalue weighted by Gasteiger charge is -2.15. The van der Waals surface area contributed by atoms with E-state index in [2.05, 4.69) is 4.98 Å². The number of alkyl halides is 2. The molecule has 0 atom stereocenters. The molecule has 1 aromatic heterocycles. The van der Waals surface area contributed by atoms with E-state index in [1.165, 1.54) is 18.7 Å². The van der Waals surface area contributed by atoms with Crippen molar-refractivity contribution in [2.24, 2.45) is 0 Å². The highest BCUT2D eigenvalue weighted by Crippen LogP contribution is 2.28. The standard InChI is InChI=1S/C12H13F2N3O2S/c1-16(19-2)10(18)7-17-9-6-4-3-5-8(9)15-12(17)20-11(13)14/h3-6,11H,7H2,1-2H3. The van der Waals surface area contributed by atoms with Gasteiger partial charge in [0.05, 0.1) is 18.1 Å². The molecule has 0 aliphatic carbocycles. The first-order valence-corrected chi connectivity index (χ1v) is 6.61. The molecule has 8 heteroatoms. The van der Waals surface area contributed by atoms with Gasteiger partial charge in [0.25, 0.3) is 11.7 Å². The molecule has 0 aliphatic heterocycles. The van der Waals surface area contributed by atoms with E-state index in [0.29, 0.717) is 22.8 Å². The van der Waals surface area contributed by atoms with Crippen LogP contribution < -0.4 is 0 Å². The summed E-state index contributed by atoms with van der Waals surface area (Å²) >= 11 is 0.319. The number of carbonyl (C=O) groups excluding carboxylic acids is 1. The number of likely N-dealkylation sites (N-methyl/N-ethyl adjacent to an activating group) is 1. The minimum absolute atomic E-state index is 0.110. The lowest BCUT2D eigenvalue weighted by atomic mass is 10.3. The van der Waals surface area contributed by atoms with Gasteiger partial charge in [-0.3, -0.25) is 9.63 Å².